The molecule has 0 heterocycles. The summed E-state index contributed by atoms with van der Waals surface area (Å²) < 4.78 is 0. The summed E-state index contributed by atoms with van der Waals surface area (Å²) in [5, 5.41) is 10.2. The zero-order chi connectivity index (χ0) is 21.7. The highest BCUT2D eigenvalue weighted by atomic mass is 16.3. The summed E-state index contributed by atoms with van der Waals surface area (Å²) in [6.45, 7) is 15.0. The van der Waals surface area contributed by atoms with Crippen molar-refractivity contribution in [1.29, 1.82) is 0 Å². The molecule has 0 saturated heterocycles. The molecule has 1 nitrogen and oxygen atoms in total. The van der Waals surface area contributed by atoms with E-state index in [-0.39, 0.29) is 6.10 Å². The summed E-state index contributed by atoms with van der Waals surface area (Å²) in [5.41, 5.74) is 2.60. The summed E-state index contributed by atoms with van der Waals surface area (Å²) in [6.07, 6.45) is 17.1. The second-order valence-corrected chi connectivity index (χ2v) is 13.0. The van der Waals surface area contributed by atoms with Gasteiger partial charge in [-0.3, -0.25) is 0 Å². The number of allylic oxidation sites excluding steroid dienone is 1. The number of aliphatic hydroxyl groups is 1. The van der Waals surface area contributed by atoms with Crippen LogP contribution >= 0.6 is 0 Å². The third-order valence-corrected chi connectivity index (χ3v) is 11.1. The van der Waals surface area contributed by atoms with Crippen LogP contribution in [0.15, 0.2) is 11.6 Å². The zero-order valence-electron chi connectivity index (χ0n) is 20.9. The lowest BCUT2D eigenvalue weighted by molar-refractivity contribution is -0.0360. The van der Waals surface area contributed by atoms with Gasteiger partial charge in [-0.25, -0.2) is 0 Å². The Kier molecular flexibility index (Phi) is 6.53. The topological polar surface area (TPSA) is 20.2 Å². The van der Waals surface area contributed by atoms with Crippen LogP contribution in [-0.2, 0) is 0 Å². The standard InChI is InChI=1S/C29H50O/c1-7-21(19(2)3)9-8-20(4)22-16-27-25-11-10-23-17-24(30)12-15-29(23,6)26(25)13-14-28(27,5)18-22/h10,19-22,24-27,30H,7-9,11-18H2,1-6H3/t20-,21-,22-,24-,25-,26+,27-,28-,29+/m1/s1. The van der Waals surface area contributed by atoms with E-state index in [1.807, 2.05) is 0 Å². The van der Waals surface area contributed by atoms with Crippen LogP contribution < -0.4 is 0 Å². The molecule has 4 rings (SSSR count). The lowest BCUT2D eigenvalue weighted by atomic mass is 9.48. The third kappa shape index (κ3) is 3.95. The average Bonchev–Trinajstić information content (AvgIpc) is 3.06. The van der Waals surface area contributed by atoms with E-state index >= 15 is 0 Å². The SMILES string of the molecule is CC[C@H](CC[C@@H](C)[C@@H]1C[C@@H]2[C@@H]3CC=C4C[C@H](O)CC[C@]4(C)[C@H]3CC[C@]2(C)C1)C(C)C. The van der Waals surface area contributed by atoms with Crippen LogP contribution in [0.1, 0.15) is 112 Å². The first kappa shape index (κ1) is 22.9. The Morgan fingerprint density at radius 1 is 1.07 bits per heavy atom. The van der Waals surface area contributed by atoms with E-state index in [4.69, 9.17) is 0 Å². The molecule has 172 valence electrons. The molecule has 0 unspecified atom stereocenters. The smallest absolute Gasteiger partial charge is 0.0577 e. The molecule has 0 aromatic heterocycles. The van der Waals surface area contributed by atoms with Crippen molar-refractivity contribution in [2.45, 2.75) is 118 Å². The van der Waals surface area contributed by atoms with Crippen molar-refractivity contribution in [3.05, 3.63) is 11.6 Å². The van der Waals surface area contributed by atoms with Crippen LogP contribution in [-0.4, -0.2) is 11.2 Å². The number of rotatable bonds is 6. The minimum atomic E-state index is -0.0794. The fourth-order valence-corrected chi connectivity index (χ4v) is 8.91. The van der Waals surface area contributed by atoms with Crippen LogP contribution in [0, 0.1) is 52.3 Å². The molecule has 1 heteroatoms. The fourth-order valence-electron chi connectivity index (χ4n) is 8.91. The van der Waals surface area contributed by atoms with Crippen molar-refractivity contribution >= 4 is 0 Å². The maximum absolute atomic E-state index is 10.2. The molecular weight excluding hydrogens is 364 g/mol. The van der Waals surface area contributed by atoms with Crippen LogP contribution in [0.5, 0.6) is 0 Å². The fraction of sp³-hybridized carbons (Fsp3) is 0.931. The summed E-state index contributed by atoms with van der Waals surface area (Å²) in [6, 6.07) is 0. The van der Waals surface area contributed by atoms with Crippen molar-refractivity contribution in [2.24, 2.45) is 52.3 Å². The van der Waals surface area contributed by atoms with E-state index in [1.165, 1.54) is 57.8 Å². The van der Waals surface area contributed by atoms with Crippen LogP contribution in [0.3, 0.4) is 0 Å². The van der Waals surface area contributed by atoms with Gasteiger partial charge in [0.05, 0.1) is 6.10 Å². The van der Waals surface area contributed by atoms with Gasteiger partial charge in [0.25, 0.3) is 0 Å². The summed E-state index contributed by atoms with van der Waals surface area (Å²) in [7, 11) is 0. The van der Waals surface area contributed by atoms with Gasteiger partial charge in [0.15, 0.2) is 0 Å². The Morgan fingerprint density at radius 2 is 1.83 bits per heavy atom. The van der Waals surface area contributed by atoms with Crippen molar-refractivity contribution < 1.29 is 5.11 Å². The number of hydrogen-bond acceptors (Lipinski definition) is 1. The van der Waals surface area contributed by atoms with Gasteiger partial charge in [0, 0.05) is 0 Å². The molecule has 1 N–H and O–H groups in total. The second-order valence-electron chi connectivity index (χ2n) is 13.0. The molecule has 3 fully saturated rings. The molecule has 0 amide bonds. The largest absolute Gasteiger partial charge is 0.393 e. The molecule has 0 bridgehead atoms. The second kappa shape index (κ2) is 8.57. The number of hydrogen-bond donors (Lipinski definition) is 1. The minimum absolute atomic E-state index is 0.0794. The molecule has 3 saturated carbocycles. The number of aliphatic hydroxyl groups excluding tert-OH is 1. The minimum Gasteiger partial charge on any atom is -0.393 e. The van der Waals surface area contributed by atoms with Gasteiger partial charge in [-0.2, -0.15) is 0 Å². The van der Waals surface area contributed by atoms with Gasteiger partial charge < -0.3 is 5.11 Å². The lowest BCUT2D eigenvalue weighted by Crippen LogP contribution is -2.49. The van der Waals surface area contributed by atoms with E-state index in [0.29, 0.717) is 10.8 Å². The van der Waals surface area contributed by atoms with E-state index in [2.05, 4.69) is 47.6 Å². The average molecular weight is 415 g/mol. The Hall–Kier alpha value is -0.300. The van der Waals surface area contributed by atoms with Crippen molar-refractivity contribution in [2.75, 3.05) is 0 Å². The quantitative estimate of drug-likeness (QED) is 0.436. The van der Waals surface area contributed by atoms with Crippen LogP contribution in [0.2, 0.25) is 0 Å². The highest BCUT2D eigenvalue weighted by Gasteiger charge is 2.57. The lowest BCUT2D eigenvalue weighted by Gasteiger charge is -2.57. The third-order valence-electron chi connectivity index (χ3n) is 11.1. The van der Waals surface area contributed by atoms with Gasteiger partial charge >= 0.3 is 0 Å². The van der Waals surface area contributed by atoms with Crippen molar-refractivity contribution in [3.63, 3.8) is 0 Å². The summed E-state index contributed by atoms with van der Waals surface area (Å²) in [5.74, 6) is 6.33. The molecule has 0 aromatic rings. The predicted octanol–water partition coefficient (Wildman–Crippen LogP) is 8.02. The summed E-state index contributed by atoms with van der Waals surface area (Å²) in [4.78, 5) is 0. The Morgan fingerprint density at radius 3 is 2.53 bits per heavy atom. The van der Waals surface area contributed by atoms with E-state index in [0.717, 1.165) is 54.3 Å². The molecule has 4 aliphatic carbocycles. The van der Waals surface area contributed by atoms with Crippen molar-refractivity contribution in [1.82, 2.24) is 0 Å². The van der Waals surface area contributed by atoms with Gasteiger partial charge in [0.2, 0.25) is 0 Å². The Balaban J connectivity index is 1.45. The van der Waals surface area contributed by atoms with Gasteiger partial charge in [-0.15, -0.1) is 0 Å². The Bertz CT molecular complexity index is 634. The molecule has 4 aliphatic rings. The first-order valence-electron chi connectivity index (χ1n) is 13.6. The van der Waals surface area contributed by atoms with Gasteiger partial charge in [-0.05, 0) is 110 Å². The molecule has 30 heavy (non-hydrogen) atoms. The normalized spacial score (nSPS) is 45.3. The van der Waals surface area contributed by atoms with E-state index < -0.39 is 0 Å². The van der Waals surface area contributed by atoms with Crippen LogP contribution in [0.25, 0.3) is 0 Å². The van der Waals surface area contributed by atoms with E-state index in [1.54, 1.807) is 5.57 Å². The molecular formula is C29H50O. The van der Waals surface area contributed by atoms with Gasteiger partial charge in [-0.1, -0.05) is 66.0 Å². The Labute approximate surface area is 187 Å². The maximum atomic E-state index is 10.2. The first-order chi connectivity index (χ1) is 14.2. The molecule has 0 radical (unpaired) electrons. The predicted molar refractivity (Wildman–Crippen MR) is 128 cm³/mol. The molecule has 0 aromatic carbocycles. The maximum Gasteiger partial charge on any atom is 0.0577 e. The zero-order valence-corrected chi connectivity index (χ0v) is 20.9. The molecule has 0 spiro atoms. The van der Waals surface area contributed by atoms with Crippen LogP contribution in [0.4, 0.5) is 0 Å². The molecule has 9 atom stereocenters. The first-order valence-corrected chi connectivity index (χ1v) is 13.6. The highest BCUT2D eigenvalue weighted by Crippen LogP contribution is 2.66. The highest BCUT2D eigenvalue weighted by molar-refractivity contribution is 5.25. The van der Waals surface area contributed by atoms with Gasteiger partial charge in [0.1, 0.15) is 0 Å². The van der Waals surface area contributed by atoms with E-state index in [9.17, 15) is 5.11 Å². The molecule has 0 aliphatic heterocycles. The number of fused-ring (bicyclic) bond motifs is 5. The monoisotopic (exact) mass is 414 g/mol. The summed E-state index contributed by atoms with van der Waals surface area (Å²) >= 11 is 0. The van der Waals surface area contributed by atoms with Crippen molar-refractivity contribution in [3.8, 4) is 0 Å².